The zero-order chi connectivity index (χ0) is 15.9. The van der Waals surface area contributed by atoms with Gasteiger partial charge in [-0.25, -0.2) is 4.79 Å². The Kier molecular flexibility index (Phi) is 5.32. The number of hydrogen-bond donors (Lipinski definition) is 2. The number of imide groups is 1. The summed E-state index contributed by atoms with van der Waals surface area (Å²) < 4.78 is 9.91. The standard InChI is InChI=1S/C16H18N2O4/c1-11(15(19)18-16(20)21-2)17-14(13-9-6-10-22-13)12-7-4-3-5-8-12/h3-11,14,17H,1-2H3,(H,18,19,20)/p+1/t11-,14+/m1/s1. The lowest BCUT2D eigenvalue weighted by Gasteiger charge is -2.18. The van der Waals surface area contributed by atoms with Crippen molar-refractivity contribution in [3.63, 3.8) is 0 Å². The maximum absolute atomic E-state index is 12.0. The number of benzene rings is 1. The Morgan fingerprint density at radius 3 is 2.50 bits per heavy atom. The minimum atomic E-state index is -0.764. The second kappa shape index (κ2) is 7.42. The number of quaternary nitrogens is 1. The number of furan rings is 1. The molecule has 6 nitrogen and oxygen atoms in total. The van der Waals surface area contributed by atoms with Gasteiger partial charge in [-0.05, 0) is 19.1 Å². The van der Waals surface area contributed by atoms with Crippen molar-refractivity contribution < 1.29 is 24.1 Å². The normalized spacial score (nSPS) is 13.2. The van der Waals surface area contributed by atoms with E-state index in [2.05, 4.69) is 10.1 Å². The molecule has 0 spiro atoms. The van der Waals surface area contributed by atoms with Crippen LogP contribution in [0.5, 0.6) is 0 Å². The average Bonchev–Trinajstić information content (AvgIpc) is 3.07. The molecule has 0 saturated carbocycles. The number of rotatable bonds is 5. The van der Waals surface area contributed by atoms with E-state index < -0.39 is 18.0 Å². The summed E-state index contributed by atoms with van der Waals surface area (Å²) in [5.41, 5.74) is 1.01. The number of nitrogens with two attached hydrogens (primary N) is 1. The van der Waals surface area contributed by atoms with Crippen LogP contribution in [0.3, 0.4) is 0 Å². The fraction of sp³-hybridized carbons (Fsp3) is 0.250. The van der Waals surface area contributed by atoms with Crippen LogP contribution in [0.1, 0.15) is 24.3 Å². The van der Waals surface area contributed by atoms with E-state index in [0.29, 0.717) is 0 Å². The zero-order valence-electron chi connectivity index (χ0n) is 12.5. The molecule has 0 bridgehead atoms. The Labute approximate surface area is 128 Å². The molecule has 1 aromatic heterocycles. The summed E-state index contributed by atoms with van der Waals surface area (Å²) in [7, 11) is 1.21. The molecule has 2 rings (SSSR count). The minimum absolute atomic E-state index is 0.172. The summed E-state index contributed by atoms with van der Waals surface area (Å²) >= 11 is 0. The monoisotopic (exact) mass is 303 g/mol. The van der Waals surface area contributed by atoms with Crippen LogP contribution in [0.4, 0.5) is 4.79 Å². The molecule has 2 amide bonds. The second-order valence-electron chi connectivity index (χ2n) is 4.87. The van der Waals surface area contributed by atoms with Gasteiger partial charge in [-0.3, -0.25) is 10.1 Å². The van der Waals surface area contributed by atoms with Crippen LogP contribution in [0.25, 0.3) is 0 Å². The fourth-order valence-electron chi connectivity index (χ4n) is 2.14. The molecule has 0 saturated heterocycles. The van der Waals surface area contributed by atoms with E-state index in [1.54, 1.807) is 19.3 Å². The van der Waals surface area contributed by atoms with E-state index in [9.17, 15) is 9.59 Å². The quantitative estimate of drug-likeness (QED) is 0.869. The van der Waals surface area contributed by atoms with Gasteiger partial charge in [-0.1, -0.05) is 30.3 Å². The van der Waals surface area contributed by atoms with Crippen molar-refractivity contribution >= 4 is 12.0 Å². The molecular formula is C16H19N2O4+. The predicted molar refractivity (Wildman–Crippen MR) is 78.9 cm³/mol. The maximum atomic E-state index is 12.0. The smallest absolute Gasteiger partial charge is 0.413 e. The first-order chi connectivity index (χ1) is 10.6. The first-order valence-electron chi connectivity index (χ1n) is 6.94. The van der Waals surface area contributed by atoms with Gasteiger partial charge >= 0.3 is 6.09 Å². The van der Waals surface area contributed by atoms with Gasteiger partial charge in [0.15, 0.2) is 17.8 Å². The molecule has 0 aliphatic carbocycles. The molecule has 3 N–H and O–H groups in total. The molecule has 0 aliphatic rings. The van der Waals surface area contributed by atoms with Gasteiger partial charge in [-0.2, -0.15) is 0 Å². The molecule has 0 unspecified atom stereocenters. The lowest BCUT2D eigenvalue weighted by Crippen LogP contribution is -2.92. The third kappa shape index (κ3) is 3.95. The van der Waals surface area contributed by atoms with E-state index in [-0.39, 0.29) is 6.04 Å². The molecule has 1 aromatic carbocycles. The largest absolute Gasteiger partial charge is 0.463 e. The van der Waals surface area contributed by atoms with Gasteiger partial charge in [0.25, 0.3) is 5.91 Å². The van der Waals surface area contributed by atoms with Crippen LogP contribution in [0, 0.1) is 0 Å². The summed E-state index contributed by atoms with van der Waals surface area (Å²) in [6.07, 6.45) is 0.831. The van der Waals surface area contributed by atoms with Crippen molar-refractivity contribution in [2.45, 2.75) is 19.0 Å². The summed E-state index contributed by atoms with van der Waals surface area (Å²) in [5, 5.41) is 4.01. The summed E-state index contributed by atoms with van der Waals surface area (Å²) in [6, 6.07) is 12.7. The minimum Gasteiger partial charge on any atom is -0.463 e. The lowest BCUT2D eigenvalue weighted by atomic mass is 10.0. The van der Waals surface area contributed by atoms with E-state index in [1.807, 2.05) is 41.7 Å². The van der Waals surface area contributed by atoms with Crippen molar-refractivity contribution in [3.05, 3.63) is 60.1 Å². The number of ether oxygens (including phenoxy) is 1. The third-order valence-electron chi connectivity index (χ3n) is 3.31. The third-order valence-corrected chi connectivity index (χ3v) is 3.31. The number of carbonyl (C=O) groups excluding carboxylic acids is 2. The molecule has 1 heterocycles. The Hall–Kier alpha value is -2.60. The van der Waals surface area contributed by atoms with Crippen molar-refractivity contribution in [2.75, 3.05) is 7.11 Å². The Bertz CT molecular complexity index is 610. The van der Waals surface area contributed by atoms with Crippen LogP contribution in [-0.2, 0) is 9.53 Å². The van der Waals surface area contributed by atoms with E-state index in [4.69, 9.17) is 4.42 Å². The van der Waals surface area contributed by atoms with Gasteiger partial charge in [0.2, 0.25) is 0 Å². The number of hydrogen-bond acceptors (Lipinski definition) is 4. The second-order valence-corrected chi connectivity index (χ2v) is 4.87. The summed E-state index contributed by atoms with van der Waals surface area (Å²) in [4.78, 5) is 23.1. The summed E-state index contributed by atoms with van der Waals surface area (Å²) in [6.45, 7) is 1.72. The molecule has 0 fully saturated rings. The fourth-order valence-corrected chi connectivity index (χ4v) is 2.14. The Morgan fingerprint density at radius 1 is 1.18 bits per heavy atom. The zero-order valence-corrected chi connectivity index (χ0v) is 12.5. The highest BCUT2D eigenvalue weighted by atomic mass is 16.5. The number of alkyl carbamates (subject to hydrolysis) is 1. The molecular weight excluding hydrogens is 284 g/mol. The van der Waals surface area contributed by atoms with Gasteiger partial charge in [0.1, 0.15) is 0 Å². The number of amides is 2. The molecule has 6 heteroatoms. The number of nitrogens with one attached hydrogen (secondary N) is 1. The lowest BCUT2D eigenvalue weighted by molar-refractivity contribution is -0.706. The van der Waals surface area contributed by atoms with Crippen LogP contribution in [-0.4, -0.2) is 25.2 Å². The van der Waals surface area contributed by atoms with E-state index in [0.717, 1.165) is 11.3 Å². The van der Waals surface area contributed by atoms with Gasteiger partial charge in [0.05, 0.1) is 13.4 Å². The first kappa shape index (κ1) is 15.8. The van der Waals surface area contributed by atoms with Gasteiger partial charge < -0.3 is 14.5 Å². The SMILES string of the molecule is COC(=O)NC(=O)[C@@H](C)[NH2+][C@@H](c1ccccc1)c1ccco1. The van der Waals surface area contributed by atoms with Gasteiger partial charge in [-0.15, -0.1) is 0 Å². The van der Waals surface area contributed by atoms with E-state index >= 15 is 0 Å². The maximum Gasteiger partial charge on any atom is 0.413 e. The molecule has 0 aliphatic heterocycles. The molecule has 22 heavy (non-hydrogen) atoms. The van der Waals surface area contributed by atoms with Crippen LogP contribution in [0.2, 0.25) is 0 Å². The van der Waals surface area contributed by atoms with Gasteiger partial charge in [0, 0.05) is 5.56 Å². The number of methoxy groups -OCH3 is 1. The van der Waals surface area contributed by atoms with Crippen molar-refractivity contribution in [1.29, 1.82) is 0 Å². The van der Waals surface area contributed by atoms with Crippen molar-refractivity contribution in [3.8, 4) is 0 Å². The molecule has 116 valence electrons. The van der Waals surface area contributed by atoms with Crippen LogP contribution >= 0.6 is 0 Å². The molecule has 0 radical (unpaired) electrons. The Morgan fingerprint density at radius 2 is 1.91 bits per heavy atom. The average molecular weight is 303 g/mol. The highest BCUT2D eigenvalue weighted by Crippen LogP contribution is 2.18. The predicted octanol–water partition coefficient (Wildman–Crippen LogP) is 1.20. The topological polar surface area (TPSA) is 85.1 Å². The highest BCUT2D eigenvalue weighted by Gasteiger charge is 2.27. The number of carbonyl (C=O) groups is 2. The van der Waals surface area contributed by atoms with Crippen LogP contribution < -0.4 is 10.6 Å². The first-order valence-corrected chi connectivity index (χ1v) is 6.94. The summed E-state index contributed by atoms with van der Waals surface area (Å²) in [5.74, 6) is 0.322. The van der Waals surface area contributed by atoms with Crippen molar-refractivity contribution in [1.82, 2.24) is 5.32 Å². The molecule has 2 atom stereocenters. The van der Waals surface area contributed by atoms with E-state index in [1.165, 1.54) is 7.11 Å². The van der Waals surface area contributed by atoms with Crippen molar-refractivity contribution in [2.24, 2.45) is 0 Å². The highest BCUT2D eigenvalue weighted by molar-refractivity contribution is 5.93. The van der Waals surface area contributed by atoms with Crippen LogP contribution in [0.15, 0.2) is 53.1 Å². The molecule has 2 aromatic rings. The Balaban J connectivity index is 2.14.